The lowest BCUT2D eigenvalue weighted by Gasteiger charge is -1.89. The molecule has 0 aromatic heterocycles. The van der Waals surface area contributed by atoms with Crippen molar-refractivity contribution in [2.45, 2.75) is 6.61 Å². The van der Waals surface area contributed by atoms with Crippen LogP contribution in [0, 0.1) is 0 Å². The number of aliphatic hydroxyl groups is 1. The summed E-state index contributed by atoms with van der Waals surface area (Å²) in [7, 11) is 0. The molecule has 1 aliphatic heterocycles. The summed E-state index contributed by atoms with van der Waals surface area (Å²) in [6.45, 7) is 0.445. The van der Waals surface area contributed by atoms with Gasteiger partial charge < -0.3 is 10.4 Å². The van der Waals surface area contributed by atoms with E-state index >= 15 is 0 Å². The highest BCUT2D eigenvalue weighted by molar-refractivity contribution is 5.93. The summed E-state index contributed by atoms with van der Waals surface area (Å²) >= 11 is 0. The number of aliphatic imine (C=N–C) groups is 1. The second kappa shape index (κ2) is 5.88. The van der Waals surface area contributed by atoms with Crippen molar-refractivity contribution in [1.82, 2.24) is 5.32 Å². The van der Waals surface area contributed by atoms with E-state index in [0.717, 1.165) is 5.56 Å². The van der Waals surface area contributed by atoms with Crippen LogP contribution in [0.5, 0.6) is 0 Å². The Morgan fingerprint density at radius 1 is 1.36 bits per heavy atom. The van der Waals surface area contributed by atoms with Gasteiger partial charge in [-0.25, -0.2) is 0 Å². The molecule has 0 saturated heterocycles. The zero-order valence-corrected chi connectivity index (χ0v) is 7.68. The van der Waals surface area contributed by atoms with Crippen LogP contribution in [-0.4, -0.2) is 23.9 Å². The number of carbonyl (C=O) groups excluding carboxylic acids is 1. The quantitative estimate of drug-likeness (QED) is 0.673. The van der Waals surface area contributed by atoms with Gasteiger partial charge in [0.05, 0.1) is 12.9 Å². The zero-order chi connectivity index (χ0) is 10.2. The van der Waals surface area contributed by atoms with Crippen molar-refractivity contribution in [2.24, 2.45) is 4.99 Å². The van der Waals surface area contributed by atoms with Gasteiger partial charge in [-0.1, -0.05) is 30.3 Å². The molecule has 4 heteroatoms. The summed E-state index contributed by atoms with van der Waals surface area (Å²) in [4.78, 5) is 13.6. The molecule has 0 bridgehead atoms. The Morgan fingerprint density at radius 3 is 2.36 bits per heavy atom. The average Bonchev–Trinajstić information content (AvgIpc) is 2.71. The maximum Gasteiger partial charge on any atom is 0.246 e. The Morgan fingerprint density at radius 2 is 2.07 bits per heavy atom. The standard InChI is InChI=1S/C7H8O.C3H4N2O/c8-6-7-4-2-1-3-5-7;6-3-1-4-2-5-3/h1-5,8H,6H2;2H,1H2,(H,4,5,6). The Bertz CT molecular complexity index is 299. The van der Waals surface area contributed by atoms with Crippen LogP contribution in [0.3, 0.4) is 0 Å². The van der Waals surface area contributed by atoms with Crippen molar-refractivity contribution < 1.29 is 9.90 Å². The Hall–Kier alpha value is -1.68. The number of hydrogen-bond donors (Lipinski definition) is 2. The van der Waals surface area contributed by atoms with Crippen LogP contribution in [0.2, 0.25) is 0 Å². The van der Waals surface area contributed by atoms with Crippen LogP contribution in [0.4, 0.5) is 0 Å². The Kier molecular flexibility index (Phi) is 4.37. The topological polar surface area (TPSA) is 61.7 Å². The molecule has 14 heavy (non-hydrogen) atoms. The molecule has 0 fully saturated rings. The minimum Gasteiger partial charge on any atom is -0.392 e. The van der Waals surface area contributed by atoms with Gasteiger partial charge in [0.2, 0.25) is 5.91 Å². The first-order chi connectivity index (χ1) is 6.83. The van der Waals surface area contributed by atoms with E-state index in [1.807, 2.05) is 30.3 Å². The molecule has 0 atom stereocenters. The van der Waals surface area contributed by atoms with Crippen molar-refractivity contribution in [3.8, 4) is 0 Å². The molecule has 2 rings (SSSR count). The van der Waals surface area contributed by atoms with E-state index in [-0.39, 0.29) is 12.5 Å². The van der Waals surface area contributed by atoms with E-state index < -0.39 is 0 Å². The van der Waals surface area contributed by atoms with Crippen molar-refractivity contribution in [2.75, 3.05) is 6.54 Å². The zero-order valence-electron chi connectivity index (χ0n) is 7.68. The summed E-state index contributed by atoms with van der Waals surface area (Å²) in [6.07, 6.45) is 1.41. The first-order valence-corrected chi connectivity index (χ1v) is 4.25. The van der Waals surface area contributed by atoms with Gasteiger partial charge in [0.15, 0.2) is 0 Å². The molecule has 2 N–H and O–H groups in total. The fourth-order valence-corrected chi connectivity index (χ4v) is 0.875. The lowest BCUT2D eigenvalue weighted by molar-refractivity contribution is -0.117. The SMILES string of the molecule is O=C1CN=CN1.OCc1ccccc1. The van der Waals surface area contributed by atoms with E-state index in [2.05, 4.69) is 10.3 Å². The summed E-state index contributed by atoms with van der Waals surface area (Å²) in [6, 6.07) is 9.52. The predicted molar refractivity (Wildman–Crippen MR) is 53.9 cm³/mol. The average molecular weight is 192 g/mol. The lowest BCUT2D eigenvalue weighted by atomic mass is 10.2. The van der Waals surface area contributed by atoms with Gasteiger partial charge in [0.1, 0.15) is 6.54 Å². The molecule has 1 aromatic carbocycles. The first-order valence-electron chi connectivity index (χ1n) is 4.25. The van der Waals surface area contributed by atoms with Gasteiger partial charge in [0.25, 0.3) is 0 Å². The van der Waals surface area contributed by atoms with E-state index in [9.17, 15) is 4.79 Å². The van der Waals surface area contributed by atoms with Crippen molar-refractivity contribution >= 4 is 12.2 Å². The second-order valence-electron chi connectivity index (χ2n) is 2.68. The number of rotatable bonds is 1. The fourth-order valence-electron chi connectivity index (χ4n) is 0.875. The van der Waals surface area contributed by atoms with E-state index in [1.165, 1.54) is 6.34 Å². The van der Waals surface area contributed by atoms with E-state index in [0.29, 0.717) is 6.54 Å². The smallest absolute Gasteiger partial charge is 0.246 e. The summed E-state index contributed by atoms with van der Waals surface area (Å²) in [5, 5.41) is 10.9. The molecule has 0 saturated carbocycles. The lowest BCUT2D eigenvalue weighted by Crippen LogP contribution is -2.15. The number of amides is 1. The molecule has 0 unspecified atom stereocenters. The third-order valence-corrected chi connectivity index (χ3v) is 1.58. The summed E-state index contributed by atoms with van der Waals surface area (Å²) in [5.74, 6) is -0.0185. The monoisotopic (exact) mass is 192 g/mol. The third-order valence-electron chi connectivity index (χ3n) is 1.58. The number of nitrogens with one attached hydrogen (secondary N) is 1. The number of aliphatic hydroxyl groups excluding tert-OH is 1. The van der Waals surface area contributed by atoms with Crippen LogP contribution in [0.15, 0.2) is 35.3 Å². The van der Waals surface area contributed by atoms with E-state index in [1.54, 1.807) is 0 Å². The van der Waals surface area contributed by atoms with Gasteiger partial charge in [-0.3, -0.25) is 9.79 Å². The first kappa shape index (κ1) is 10.4. The van der Waals surface area contributed by atoms with Crippen LogP contribution in [-0.2, 0) is 11.4 Å². The fraction of sp³-hybridized carbons (Fsp3) is 0.200. The molecule has 74 valence electrons. The maximum absolute atomic E-state index is 10.0. The van der Waals surface area contributed by atoms with Gasteiger partial charge in [-0.2, -0.15) is 0 Å². The van der Waals surface area contributed by atoms with Crippen molar-refractivity contribution in [3.05, 3.63) is 35.9 Å². The van der Waals surface area contributed by atoms with Crippen molar-refractivity contribution in [1.29, 1.82) is 0 Å². The normalized spacial score (nSPS) is 13.1. The molecule has 1 heterocycles. The number of hydrogen-bond acceptors (Lipinski definition) is 3. The number of nitrogens with zero attached hydrogens (tertiary/aromatic N) is 1. The van der Waals surface area contributed by atoms with Crippen LogP contribution < -0.4 is 5.32 Å². The summed E-state index contributed by atoms with van der Waals surface area (Å²) < 4.78 is 0. The minimum atomic E-state index is -0.0185. The number of benzene rings is 1. The van der Waals surface area contributed by atoms with Gasteiger partial charge >= 0.3 is 0 Å². The summed E-state index contributed by atoms with van der Waals surface area (Å²) in [5.41, 5.74) is 0.965. The van der Waals surface area contributed by atoms with Crippen LogP contribution in [0.1, 0.15) is 5.56 Å². The molecule has 0 aliphatic carbocycles. The molecule has 1 aliphatic rings. The minimum absolute atomic E-state index is 0.0185. The maximum atomic E-state index is 10.0. The molecular weight excluding hydrogens is 180 g/mol. The molecule has 0 spiro atoms. The van der Waals surface area contributed by atoms with Crippen molar-refractivity contribution in [3.63, 3.8) is 0 Å². The molecule has 0 radical (unpaired) electrons. The highest BCUT2D eigenvalue weighted by Gasteiger charge is 1.98. The Labute approximate surface area is 82.3 Å². The van der Waals surface area contributed by atoms with Crippen LogP contribution in [0.25, 0.3) is 0 Å². The van der Waals surface area contributed by atoms with Crippen LogP contribution >= 0.6 is 0 Å². The van der Waals surface area contributed by atoms with Gasteiger partial charge in [-0.15, -0.1) is 0 Å². The third kappa shape index (κ3) is 3.82. The second-order valence-corrected chi connectivity index (χ2v) is 2.68. The highest BCUT2D eigenvalue weighted by atomic mass is 16.3. The van der Waals surface area contributed by atoms with Gasteiger partial charge in [0, 0.05) is 0 Å². The number of carbonyl (C=O) groups is 1. The Balaban J connectivity index is 0.000000146. The molecular formula is C10H12N2O2. The van der Waals surface area contributed by atoms with Gasteiger partial charge in [-0.05, 0) is 5.56 Å². The largest absolute Gasteiger partial charge is 0.392 e. The predicted octanol–water partition coefficient (Wildman–Crippen LogP) is 0.323. The molecule has 1 aromatic rings. The highest BCUT2D eigenvalue weighted by Crippen LogP contribution is 1.95. The molecule has 4 nitrogen and oxygen atoms in total. The molecule has 1 amide bonds. The van der Waals surface area contributed by atoms with E-state index in [4.69, 9.17) is 5.11 Å².